The number of thiophene rings is 1. The molecule has 1 aliphatic rings. The normalized spacial score (nSPS) is 16.9. The molecule has 3 rings (SSSR count). The fourth-order valence-corrected chi connectivity index (χ4v) is 3.44. The number of rotatable bonds is 3. The fourth-order valence-electron chi connectivity index (χ4n) is 2.77. The standard InChI is InChI=1S/C16H17NO2S/c1-2-19-16(18)13-7-10-3-4-11(8-12(10)9-13)14-5-6-20-15(14)17/h3-6,8,13H,2,7,9,17H2,1H3. The number of esters is 1. The predicted octanol–water partition coefficient (Wildman–Crippen LogP) is 3.28. The van der Waals surface area contributed by atoms with Crippen molar-refractivity contribution in [2.45, 2.75) is 19.8 Å². The first-order valence-corrected chi connectivity index (χ1v) is 7.68. The Morgan fingerprint density at radius 3 is 2.85 bits per heavy atom. The third-order valence-corrected chi connectivity index (χ3v) is 4.51. The van der Waals surface area contributed by atoms with E-state index < -0.39 is 0 Å². The van der Waals surface area contributed by atoms with Crippen molar-refractivity contribution in [3.63, 3.8) is 0 Å². The summed E-state index contributed by atoms with van der Waals surface area (Å²) in [5, 5.41) is 2.84. The minimum Gasteiger partial charge on any atom is -0.466 e. The van der Waals surface area contributed by atoms with Gasteiger partial charge in [0.05, 0.1) is 17.5 Å². The second-order valence-corrected chi connectivity index (χ2v) is 5.99. The average molecular weight is 287 g/mol. The number of carbonyl (C=O) groups excluding carboxylic acids is 1. The predicted molar refractivity (Wildman–Crippen MR) is 81.7 cm³/mol. The van der Waals surface area contributed by atoms with Gasteiger partial charge in [0, 0.05) is 5.56 Å². The molecule has 4 heteroatoms. The highest BCUT2D eigenvalue weighted by Crippen LogP contribution is 2.35. The second-order valence-electron chi connectivity index (χ2n) is 5.04. The summed E-state index contributed by atoms with van der Waals surface area (Å²) < 4.78 is 5.12. The van der Waals surface area contributed by atoms with Crippen LogP contribution in [0.25, 0.3) is 11.1 Å². The Bertz CT molecular complexity index is 648. The van der Waals surface area contributed by atoms with Gasteiger partial charge in [-0.05, 0) is 47.9 Å². The number of ether oxygens (including phenoxy) is 1. The van der Waals surface area contributed by atoms with Crippen molar-refractivity contribution in [3.05, 3.63) is 40.8 Å². The summed E-state index contributed by atoms with van der Waals surface area (Å²) in [6.07, 6.45) is 1.56. The van der Waals surface area contributed by atoms with Gasteiger partial charge in [0.15, 0.2) is 0 Å². The van der Waals surface area contributed by atoms with Crippen molar-refractivity contribution in [3.8, 4) is 11.1 Å². The quantitative estimate of drug-likeness (QED) is 0.881. The highest BCUT2D eigenvalue weighted by molar-refractivity contribution is 7.14. The monoisotopic (exact) mass is 287 g/mol. The van der Waals surface area contributed by atoms with Crippen molar-refractivity contribution in [1.29, 1.82) is 0 Å². The van der Waals surface area contributed by atoms with E-state index in [0.717, 1.165) is 29.0 Å². The molecule has 3 nitrogen and oxygen atoms in total. The maximum atomic E-state index is 11.8. The second kappa shape index (κ2) is 5.29. The first-order chi connectivity index (χ1) is 9.69. The number of anilines is 1. The molecule has 2 N–H and O–H groups in total. The van der Waals surface area contributed by atoms with Crippen LogP contribution >= 0.6 is 11.3 Å². The number of benzene rings is 1. The lowest BCUT2D eigenvalue weighted by atomic mass is 10.0. The lowest BCUT2D eigenvalue weighted by Gasteiger charge is -2.06. The molecule has 0 saturated heterocycles. The Balaban J connectivity index is 1.85. The van der Waals surface area contributed by atoms with Gasteiger partial charge in [-0.3, -0.25) is 4.79 Å². The van der Waals surface area contributed by atoms with Crippen LogP contribution in [0.1, 0.15) is 18.1 Å². The maximum Gasteiger partial charge on any atom is 0.309 e. The lowest BCUT2D eigenvalue weighted by molar-refractivity contribution is -0.147. The summed E-state index contributed by atoms with van der Waals surface area (Å²) in [5.74, 6) is -0.111. The zero-order valence-corrected chi connectivity index (χ0v) is 12.2. The van der Waals surface area contributed by atoms with Crippen LogP contribution in [0.4, 0.5) is 5.00 Å². The molecule has 0 bridgehead atoms. The summed E-state index contributed by atoms with van der Waals surface area (Å²) in [5.41, 5.74) is 10.7. The van der Waals surface area contributed by atoms with Gasteiger partial charge < -0.3 is 10.5 Å². The maximum absolute atomic E-state index is 11.8. The number of nitrogen functional groups attached to an aromatic ring is 1. The molecule has 20 heavy (non-hydrogen) atoms. The Labute approximate surface area is 122 Å². The van der Waals surface area contributed by atoms with Gasteiger partial charge in [-0.2, -0.15) is 0 Å². The zero-order valence-electron chi connectivity index (χ0n) is 11.4. The van der Waals surface area contributed by atoms with Gasteiger partial charge in [0.25, 0.3) is 0 Å². The Morgan fingerprint density at radius 2 is 2.15 bits per heavy atom. The minimum absolute atomic E-state index is 0.0278. The van der Waals surface area contributed by atoms with Crippen molar-refractivity contribution < 1.29 is 9.53 Å². The van der Waals surface area contributed by atoms with E-state index in [1.54, 1.807) is 11.3 Å². The smallest absolute Gasteiger partial charge is 0.309 e. The van der Waals surface area contributed by atoms with Gasteiger partial charge in [-0.25, -0.2) is 0 Å². The largest absolute Gasteiger partial charge is 0.466 e. The molecule has 1 aromatic heterocycles. The number of nitrogens with two attached hydrogens (primary N) is 1. The van der Waals surface area contributed by atoms with E-state index in [1.807, 2.05) is 18.4 Å². The van der Waals surface area contributed by atoms with E-state index in [9.17, 15) is 4.79 Å². The third kappa shape index (κ3) is 2.31. The van der Waals surface area contributed by atoms with Crippen LogP contribution in [-0.2, 0) is 22.4 Å². The number of carbonyl (C=O) groups is 1. The van der Waals surface area contributed by atoms with Crippen LogP contribution in [-0.4, -0.2) is 12.6 Å². The fraction of sp³-hybridized carbons (Fsp3) is 0.312. The van der Waals surface area contributed by atoms with E-state index in [1.165, 1.54) is 11.1 Å². The Hall–Kier alpha value is -1.81. The minimum atomic E-state index is -0.0831. The van der Waals surface area contributed by atoms with Crippen molar-refractivity contribution in [1.82, 2.24) is 0 Å². The summed E-state index contributed by atoms with van der Waals surface area (Å²) >= 11 is 1.55. The molecule has 0 radical (unpaired) electrons. The molecule has 1 aromatic carbocycles. The van der Waals surface area contributed by atoms with E-state index in [4.69, 9.17) is 10.5 Å². The van der Waals surface area contributed by atoms with Crippen LogP contribution in [0.2, 0.25) is 0 Å². The van der Waals surface area contributed by atoms with E-state index in [2.05, 4.69) is 18.2 Å². The van der Waals surface area contributed by atoms with Crippen molar-refractivity contribution >= 4 is 22.3 Å². The Morgan fingerprint density at radius 1 is 1.35 bits per heavy atom. The van der Waals surface area contributed by atoms with Gasteiger partial charge >= 0.3 is 5.97 Å². The van der Waals surface area contributed by atoms with E-state index in [0.29, 0.717) is 6.61 Å². The molecule has 0 amide bonds. The highest BCUT2D eigenvalue weighted by atomic mass is 32.1. The van der Waals surface area contributed by atoms with Gasteiger partial charge in [-0.1, -0.05) is 18.2 Å². The lowest BCUT2D eigenvalue weighted by Crippen LogP contribution is -2.17. The van der Waals surface area contributed by atoms with Crippen LogP contribution in [0.3, 0.4) is 0 Å². The van der Waals surface area contributed by atoms with Crippen LogP contribution < -0.4 is 5.73 Å². The van der Waals surface area contributed by atoms with Gasteiger partial charge in [-0.15, -0.1) is 11.3 Å². The molecule has 1 unspecified atom stereocenters. The zero-order chi connectivity index (χ0) is 14.1. The van der Waals surface area contributed by atoms with Crippen LogP contribution in [0.5, 0.6) is 0 Å². The van der Waals surface area contributed by atoms with Crippen LogP contribution in [0.15, 0.2) is 29.6 Å². The molecule has 1 aliphatic carbocycles. The molecule has 1 heterocycles. The van der Waals surface area contributed by atoms with Crippen molar-refractivity contribution in [2.75, 3.05) is 12.3 Å². The summed E-state index contributed by atoms with van der Waals surface area (Å²) in [7, 11) is 0. The van der Waals surface area contributed by atoms with E-state index in [-0.39, 0.29) is 11.9 Å². The molecule has 1 atom stereocenters. The SMILES string of the molecule is CCOC(=O)C1Cc2ccc(-c3ccsc3N)cc2C1. The molecule has 0 saturated carbocycles. The first kappa shape index (κ1) is 13.2. The number of hydrogen-bond donors (Lipinski definition) is 1. The topological polar surface area (TPSA) is 52.3 Å². The van der Waals surface area contributed by atoms with Gasteiger partial charge in [0.2, 0.25) is 0 Å². The van der Waals surface area contributed by atoms with Crippen molar-refractivity contribution in [2.24, 2.45) is 5.92 Å². The summed E-state index contributed by atoms with van der Waals surface area (Å²) in [6.45, 7) is 2.29. The molecule has 0 fully saturated rings. The number of fused-ring (bicyclic) bond motifs is 1. The highest BCUT2D eigenvalue weighted by Gasteiger charge is 2.28. The molecule has 0 aliphatic heterocycles. The molecular formula is C16H17NO2S. The summed E-state index contributed by atoms with van der Waals surface area (Å²) in [4.78, 5) is 11.8. The van der Waals surface area contributed by atoms with Gasteiger partial charge in [0.1, 0.15) is 0 Å². The van der Waals surface area contributed by atoms with Crippen LogP contribution in [0, 0.1) is 5.92 Å². The molecule has 2 aromatic rings. The third-order valence-electron chi connectivity index (χ3n) is 3.77. The summed E-state index contributed by atoms with van der Waals surface area (Å²) in [6, 6.07) is 8.40. The molecule has 104 valence electrons. The number of hydrogen-bond acceptors (Lipinski definition) is 4. The molecule has 0 spiro atoms. The average Bonchev–Trinajstić information content (AvgIpc) is 3.03. The first-order valence-electron chi connectivity index (χ1n) is 6.80. The van der Waals surface area contributed by atoms with E-state index >= 15 is 0 Å². The Kier molecular flexibility index (Phi) is 3.49. The molecular weight excluding hydrogens is 270 g/mol.